The third-order valence-corrected chi connectivity index (χ3v) is 5.98. The highest BCUT2D eigenvalue weighted by molar-refractivity contribution is 8.01. The zero-order valence-corrected chi connectivity index (χ0v) is 14.9. The van der Waals surface area contributed by atoms with E-state index in [1.165, 1.54) is 35.2 Å². The first kappa shape index (κ1) is 17.9. The summed E-state index contributed by atoms with van der Waals surface area (Å²) >= 11 is 2.94. The normalized spacial score (nSPS) is 11.4. The molecule has 1 aromatic carbocycles. The van der Waals surface area contributed by atoms with Crippen LogP contribution in [0.25, 0.3) is 0 Å². The molecule has 0 saturated carbocycles. The van der Waals surface area contributed by atoms with Crippen molar-refractivity contribution in [1.82, 2.24) is 10.3 Å². The highest BCUT2D eigenvalue weighted by Crippen LogP contribution is 2.21. The van der Waals surface area contributed by atoms with Gasteiger partial charge in [0.2, 0.25) is 15.9 Å². The first-order valence-corrected chi connectivity index (χ1v) is 10.2. The van der Waals surface area contributed by atoms with E-state index in [-0.39, 0.29) is 10.8 Å². The fourth-order valence-corrected chi connectivity index (χ4v) is 3.96. The fourth-order valence-electron chi connectivity index (χ4n) is 1.77. The molecular formula is C14H17N3O3S3. The molecule has 6 nitrogen and oxygen atoms in total. The van der Waals surface area contributed by atoms with Crippen LogP contribution in [0.5, 0.6) is 0 Å². The maximum Gasteiger partial charge on any atom is 0.238 e. The van der Waals surface area contributed by atoms with Crippen molar-refractivity contribution in [3.05, 3.63) is 40.9 Å². The van der Waals surface area contributed by atoms with Crippen molar-refractivity contribution < 1.29 is 13.2 Å². The average molecular weight is 372 g/mol. The predicted molar refractivity (Wildman–Crippen MR) is 92.1 cm³/mol. The highest BCUT2D eigenvalue weighted by Gasteiger charge is 2.07. The number of aryl methyl sites for hydroxylation is 1. The second kappa shape index (κ2) is 7.91. The highest BCUT2D eigenvalue weighted by atomic mass is 32.2. The number of carbonyl (C=O) groups excluding carboxylic acids is 1. The SMILES string of the molecule is Cc1csc(SCC(=O)NCCc2ccc(S(N)(=O)=O)cc2)n1. The Morgan fingerprint density at radius 1 is 1.35 bits per heavy atom. The molecule has 2 aromatic rings. The molecule has 0 unspecified atom stereocenters. The molecule has 0 fully saturated rings. The van der Waals surface area contributed by atoms with Gasteiger partial charge in [0.1, 0.15) is 0 Å². The summed E-state index contributed by atoms with van der Waals surface area (Å²) in [5, 5.41) is 9.82. The van der Waals surface area contributed by atoms with Gasteiger partial charge in [-0.25, -0.2) is 18.5 Å². The lowest BCUT2D eigenvalue weighted by Crippen LogP contribution is -2.27. The van der Waals surface area contributed by atoms with Crippen LogP contribution in [0.1, 0.15) is 11.3 Å². The van der Waals surface area contributed by atoms with Crippen LogP contribution in [-0.2, 0) is 21.2 Å². The van der Waals surface area contributed by atoms with E-state index in [4.69, 9.17) is 5.14 Å². The zero-order valence-electron chi connectivity index (χ0n) is 12.5. The van der Waals surface area contributed by atoms with E-state index in [1.807, 2.05) is 12.3 Å². The summed E-state index contributed by atoms with van der Waals surface area (Å²) in [6.45, 7) is 2.41. The van der Waals surface area contributed by atoms with Gasteiger partial charge in [0.15, 0.2) is 4.34 Å². The summed E-state index contributed by atoms with van der Waals surface area (Å²) < 4.78 is 23.2. The molecule has 3 N–H and O–H groups in total. The number of nitrogens with two attached hydrogens (primary N) is 1. The van der Waals surface area contributed by atoms with Gasteiger partial charge in [-0.15, -0.1) is 11.3 Å². The van der Waals surface area contributed by atoms with Gasteiger partial charge in [-0.3, -0.25) is 4.79 Å². The number of amides is 1. The summed E-state index contributed by atoms with van der Waals surface area (Å²) in [4.78, 5) is 16.1. The van der Waals surface area contributed by atoms with E-state index >= 15 is 0 Å². The molecule has 124 valence electrons. The molecule has 0 radical (unpaired) electrons. The lowest BCUT2D eigenvalue weighted by molar-refractivity contribution is -0.118. The van der Waals surface area contributed by atoms with Crippen LogP contribution >= 0.6 is 23.1 Å². The van der Waals surface area contributed by atoms with Gasteiger partial charge in [0.25, 0.3) is 0 Å². The van der Waals surface area contributed by atoms with Gasteiger partial charge in [-0.05, 0) is 31.0 Å². The Bertz CT molecular complexity index is 770. The van der Waals surface area contributed by atoms with Crippen molar-refractivity contribution in [2.24, 2.45) is 5.14 Å². The Kier molecular flexibility index (Phi) is 6.17. The number of primary sulfonamides is 1. The monoisotopic (exact) mass is 371 g/mol. The van der Waals surface area contributed by atoms with Crippen LogP contribution in [0.3, 0.4) is 0 Å². The van der Waals surface area contributed by atoms with Crippen molar-refractivity contribution in [2.75, 3.05) is 12.3 Å². The summed E-state index contributed by atoms with van der Waals surface area (Å²) in [7, 11) is -3.66. The Morgan fingerprint density at radius 3 is 2.61 bits per heavy atom. The summed E-state index contributed by atoms with van der Waals surface area (Å²) in [6.07, 6.45) is 0.623. The van der Waals surface area contributed by atoms with Crippen LogP contribution in [-0.4, -0.2) is 31.6 Å². The van der Waals surface area contributed by atoms with E-state index in [1.54, 1.807) is 12.1 Å². The van der Waals surface area contributed by atoms with Crippen molar-refractivity contribution in [3.63, 3.8) is 0 Å². The number of carbonyl (C=O) groups is 1. The first-order chi connectivity index (χ1) is 10.8. The number of hydrogen-bond donors (Lipinski definition) is 2. The minimum absolute atomic E-state index is 0.0518. The van der Waals surface area contributed by atoms with E-state index in [0.717, 1.165) is 15.6 Å². The molecule has 0 spiro atoms. The van der Waals surface area contributed by atoms with E-state index < -0.39 is 10.0 Å². The molecule has 0 aliphatic heterocycles. The van der Waals surface area contributed by atoms with E-state index in [0.29, 0.717) is 18.7 Å². The van der Waals surface area contributed by atoms with E-state index in [2.05, 4.69) is 10.3 Å². The summed E-state index contributed by atoms with van der Waals surface area (Å²) in [5.74, 6) is 0.279. The number of benzene rings is 1. The molecule has 0 atom stereocenters. The van der Waals surface area contributed by atoms with Gasteiger partial charge in [-0.2, -0.15) is 0 Å². The third kappa shape index (κ3) is 5.94. The van der Waals surface area contributed by atoms with Gasteiger partial charge < -0.3 is 5.32 Å². The smallest absolute Gasteiger partial charge is 0.238 e. The lowest BCUT2D eigenvalue weighted by atomic mass is 10.1. The maximum absolute atomic E-state index is 11.7. The molecule has 23 heavy (non-hydrogen) atoms. The molecule has 0 saturated heterocycles. The topological polar surface area (TPSA) is 102 Å². The molecule has 0 bridgehead atoms. The third-order valence-electron chi connectivity index (χ3n) is 2.91. The number of nitrogens with zero attached hydrogens (tertiary/aromatic N) is 1. The zero-order chi connectivity index (χ0) is 16.9. The molecule has 0 aliphatic rings. The second-order valence-electron chi connectivity index (χ2n) is 4.83. The largest absolute Gasteiger partial charge is 0.355 e. The molecular weight excluding hydrogens is 354 g/mol. The standard InChI is InChI=1S/C14H17N3O3S3/c1-10-8-21-14(17-10)22-9-13(18)16-7-6-11-2-4-12(5-3-11)23(15,19)20/h2-5,8H,6-7,9H2,1H3,(H,16,18)(H2,15,19,20). The van der Waals surface area contributed by atoms with Crippen molar-refractivity contribution >= 4 is 39.0 Å². The minimum atomic E-state index is -3.66. The average Bonchev–Trinajstić information content (AvgIpc) is 2.90. The Balaban J connectivity index is 1.73. The molecule has 1 heterocycles. The number of thioether (sulfide) groups is 1. The number of hydrogen-bond acceptors (Lipinski definition) is 6. The summed E-state index contributed by atoms with van der Waals surface area (Å²) in [6, 6.07) is 6.32. The number of rotatable bonds is 7. The number of aromatic nitrogens is 1. The van der Waals surface area contributed by atoms with Crippen LogP contribution in [0.4, 0.5) is 0 Å². The van der Waals surface area contributed by atoms with Crippen molar-refractivity contribution in [2.45, 2.75) is 22.6 Å². The van der Waals surface area contributed by atoms with Crippen molar-refractivity contribution in [1.29, 1.82) is 0 Å². The number of sulfonamides is 1. The summed E-state index contributed by atoms with van der Waals surface area (Å²) in [5.41, 5.74) is 1.89. The van der Waals surface area contributed by atoms with Crippen LogP contribution in [0.2, 0.25) is 0 Å². The lowest BCUT2D eigenvalue weighted by Gasteiger charge is -2.05. The molecule has 1 amide bonds. The Morgan fingerprint density at radius 2 is 2.04 bits per heavy atom. The maximum atomic E-state index is 11.7. The Labute approximate surface area is 143 Å². The fraction of sp³-hybridized carbons (Fsp3) is 0.286. The number of nitrogens with one attached hydrogen (secondary N) is 1. The van der Waals surface area contributed by atoms with Crippen LogP contribution in [0.15, 0.2) is 38.9 Å². The predicted octanol–water partition coefficient (Wildman–Crippen LogP) is 1.55. The van der Waals surface area contributed by atoms with Gasteiger partial charge in [0, 0.05) is 17.6 Å². The van der Waals surface area contributed by atoms with E-state index in [9.17, 15) is 13.2 Å². The van der Waals surface area contributed by atoms with Gasteiger partial charge in [0.05, 0.1) is 10.6 Å². The molecule has 2 rings (SSSR count). The quantitative estimate of drug-likeness (QED) is 0.719. The molecule has 1 aromatic heterocycles. The van der Waals surface area contributed by atoms with Gasteiger partial charge >= 0.3 is 0 Å². The minimum Gasteiger partial charge on any atom is -0.355 e. The van der Waals surface area contributed by atoms with Crippen LogP contribution in [0, 0.1) is 6.92 Å². The number of thiazole rings is 1. The van der Waals surface area contributed by atoms with Crippen molar-refractivity contribution in [3.8, 4) is 0 Å². The molecule has 9 heteroatoms. The van der Waals surface area contributed by atoms with Gasteiger partial charge in [-0.1, -0.05) is 23.9 Å². The second-order valence-corrected chi connectivity index (χ2v) is 8.47. The first-order valence-electron chi connectivity index (χ1n) is 6.78. The molecule has 0 aliphatic carbocycles. The Hall–Kier alpha value is -1.42. The van der Waals surface area contributed by atoms with Crippen LogP contribution < -0.4 is 10.5 Å².